The Morgan fingerprint density at radius 2 is 1.80 bits per heavy atom. The van der Waals surface area contributed by atoms with Gasteiger partial charge in [0.15, 0.2) is 5.60 Å². The van der Waals surface area contributed by atoms with Crippen LogP contribution >= 0.6 is 11.6 Å². The zero-order valence-corrected chi connectivity index (χ0v) is 17.4. The second-order valence-electron chi connectivity index (χ2n) is 8.34. The molecule has 2 aromatic rings. The molecular formula is C24H25ClO5. The molecule has 1 aliphatic heterocycles. The average molecular weight is 429 g/mol. The van der Waals surface area contributed by atoms with Gasteiger partial charge in [-0.15, -0.1) is 0 Å². The second kappa shape index (κ2) is 8.40. The van der Waals surface area contributed by atoms with Gasteiger partial charge in [-0.25, -0.2) is 4.79 Å². The average Bonchev–Trinajstić information content (AvgIpc) is 3.15. The van der Waals surface area contributed by atoms with Crippen molar-refractivity contribution in [1.82, 2.24) is 0 Å². The Kier molecular flexibility index (Phi) is 5.85. The lowest BCUT2D eigenvalue weighted by Gasteiger charge is -2.15. The minimum Gasteiger partial charge on any atom is -0.481 e. The lowest BCUT2D eigenvalue weighted by atomic mass is 9.90. The summed E-state index contributed by atoms with van der Waals surface area (Å²) in [5.74, 6) is -1.65. The van der Waals surface area contributed by atoms with Crippen LogP contribution in [0.1, 0.15) is 62.0 Å². The summed E-state index contributed by atoms with van der Waals surface area (Å²) in [4.78, 5) is 22.7. The molecule has 30 heavy (non-hydrogen) atoms. The largest absolute Gasteiger partial charge is 0.481 e. The summed E-state index contributed by atoms with van der Waals surface area (Å²) in [6, 6.07) is 14.6. The van der Waals surface area contributed by atoms with Crippen LogP contribution in [0, 0.1) is 0 Å². The first-order chi connectivity index (χ1) is 14.4. The number of aliphatic carboxylic acids is 1. The number of ether oxygens (including phenoxy) is 1. The van der Waals surface area contributed by atoms with Gasteiger partial charge in [0.2, 0.25) is 0 Å². The van der Waals surface area contributed by atoms with Crippen molar-refractivity contribution in [3.8, 4) is 11.1 Å². The van der Waals surface area contributed by atoms with Crippen molar-refractivity contribution in [2.45, 2.75) is 62.6 Å². The summed E-state index contributed by atoms with van der Waals surface area (Å²) in [5.41, 5.74) is 3.27. The fraction of sp³-hybridized carbons (Fsp3) is 0.417. The summed E-state index contributed by atoms with van der Waals surface area (Å²) >= 11 is 6.22. The van der Waals surface area contributed by atoms with Crippen molar-refractivity contribution in [1.29, 1.82) is 0 Å². The van der Waals surface area contributed by atoms with Crippen LogP contribution in [0.3, 0.4) is 0 Å². The van der Waals surface area contributed by atoms with Gasteiger partial charge in [0.05, 0.1) is 6.42 Å². The molecule has 0 bridgehead atoms. The molecule has 3 atom stereocenters. The molecular weight excluding hydrogens is 404 g/mol. The van der Waals surface area contributed by atoms with E-state index in [1.54, 1.807) is 0 Å². The van der Waals surface area contributed by atoms with Gasteiger partial charge in [-0.3, -0.25) is 4.79 Å². The lowest BCUT2D eigenvalue weighted by Crippen LogP contribution is -2.36. The highest BCUT2D eigenvalue weighted by Crippen LogP contribution is 2.47. The predicted octanol–water partition coefficient (Wildman–Crippen LogP) is 4.92. The number of carbonyl (C=O) groups is 2. The molecule has 2 aliphatic rings. The van der Waals surface area contributed by atoms with Crippen LogP contribution in [-0.4, -0.2) is 33.9 Å². The highest BCUT2D eigenvalue weighted by atomic mass is 35.5. The Balaban J connectivity index is 1.30. The number of unbranched alkanes of at least 4 members (excludes halogenated alkanes) is 2. The molecule has 1 fully saturated rings. The Bertz CT molecular complexity index is 972. The van der Waals surface area contributed by atoms with E-state index < -0.39 is 30.1 Å². The summed E-state index contributed by atoms with van der Waals surface area (Å²) in [7, 11) is 0. The summed E-state index contributed by atoms with van der Waals surface area (Å²) < 4.78 is 5.20. The van der Waals surface area contributed by atoms with Gasteiger partial charge in [-0.1, -0.05) is 54.8 Å². The smallest absolute Gasteiger partial charge is 0.339 e. The highest BCUT2D eigenvalue weighted by molar-refractivity contribution is 6.31. The number of hydrogen-bond donors (Lipinski definition) is 2. The number of halogens is 1. The number of hydrogen-bond acceptors (Lipinski definition) is 4. The van der Waals surface area contributed by atoms with E-state index in [2.05, 4.69) is 30.3 Å². The van der Waals surface area contributed by atoms with Crippen molar-refractivity contribution in [3.05, 3.63) is 58.6 Å². The molecule has 0 aromatic heterocycles. The Labute approximate surface area is 180 Å². The maximum Gasteiger partial charge on any atom is 0.339 e. The van der Waals surface area contributed by atoms with Crippen molar-refractivity contribution in [2.24, 2.45) is 0 Å². The standard InChI is InChI=1S/C24H25ClO5/c25-15-10-11-20-18(17-8-4-5-9-19(17)21(20)12-15)7-3-1-2-6-16-13-24(29,14-22(26)27)23(28)30-16/h4-5,8-12,16,18,29H,1-3,6-7,13-14H2,(H,26,27)/t16-,18?,24+/m1/s1. The van der Waals surface area contributed by atoms with E-state index in [-0.39, 0.29) is 6.42 Å². The molecule has 1 heterocycles. The Morgan fingerprint density at radius 1 is 1.07 bits per heavy atom. The molecule has 0 radical (unpaired) electrons. The molecule has 6 heteroatoms. The molecule has 2 N–H and O–H groups in total. The quantitative estimate of drug-likeness (QED) is 0.460. The fourth-order valence-electron chi connectivity index (χ4n) is 4.81. The van der Waals surface area contributed by atoms with E-state index >= 15 is 0 Å². The molecule has 0 spiro atoms. The van der Waals surface area contributed by atoms with Crippen molar-refractivity contribution < 1.29 is 24.5 Å². The van der Waals surface area contributed by atoms with E-state index in [4.69, 9.17) is 21.4 Å². The van der Waals surface area contributed by atoms with Crippen LogP contribution in [0.25, 0.3) is 11.1 Å². The molecule has 1 unspecified atom stereocenters. The van der Waals surface area contributed by atoms with Gasteiger partial charge in [0.1, 0.15) is 6.10 Å². The van der Waals surface area contributed by atoms with E-state index in [1.807, 2.05) is 12.1 Å². The number of aliphatic hydroxyl groups is 1. The molecule has 158 valence electrons. The maximum atomic E-state index is 11.8. The van der Waals surface area contributed by atoms with Crippen LogP contribution in [0.4, 0.5) is 0 Å². The fourth-order valence-corrected chi connectivity index (χ4v) is 4.98. The van der Waals surface area contributed by atoms with Gasteiger partial charge in [-0.2, -0.15) is 0 Å². The van der Waals surface area contributed by atoms with Crippen LogP contribution in [0.2, 0.25) is 5.02 Å². The number of rotatable bonds is 8. The van der Waals surface area contributed by atoms with Crippen LogP contribution < -0.4 is 0 Å². The maximum absolute atomic E-state index is 11.8. The van der Waals surface area contributed by atoms with Crippen LogP contribution in [-0.2, 0) is 14.3 Å². The molecule has 0 amide bonds. The van der Waals surface area contributed by atoms with E-state index in [1.165, 1.54) is 22.3 Å². The summed E-state index contributed by atoms with van der Waals surface area (Å²) in [6.07, 6.45) is 3.59. The topological polar surface area (TPSA) is 83.8 Å². The van der Waals surface area contributed by atoms with E-state index in [0.717, 1.165) is 30.7 Å². The molecule has 1 aliphatic carbocycles. The lowest BCUT2D eigenvalue weighted by molar-refractivity contribution is -0.160. The molecule has 2 aromatic carbocycles. The SMILES string of the molecule is O=C(O)C[C@@]1(O)C[C@@H](CCCCCC2c3ccccc3-c3cc(Cl)ccc32)OC1=O. The zero-order valence-electron chi connectivity index (χ0n) is 16.6. The molecule has 1 saturated heterocycles. The summed E-state index contributed by atoms with van der Waals surface area (Å²) in [5, 5.41) is 19.8. The minimum atomic E-state index is -1.88. The molecule has 4 rings (SSSR count). The number of carbonyl (C=O) groups excluding carboxylic acids is 1. The second-order valence-corrected chi connectivity index (χ2v) is 8.78. The zero-order chi connectivity index (χ0) is 21.3. The van der Waals surface area contributed by atoms with Crippen molar-refractivity contribution >= 4 is 23.5 Å². The first kappa shape index (κ1) is 20.9. The van der Waals surface area contributed by atoms with Crippen molar-refractivity contribution in [2.75, 3.05) is 0 Å². The molecule has 5 nitrogen and oxygen atoms in total. The van der Waals surface area contributed by atoms with Crippen molar-refractivity contribution in [3.63, 3.8) is 0 Å². The third-order valence-electron chi connectivity index (χ3n) is 6.20. The predicted molar refractivity (Wildman–Crippen MR) is 114 cm³/mol. The number of cyclic esters (lactones) is 1. The number of carboxylic acid groups (broad SMARTS) is 1. The van der Waals surface area contributed by atoms with E-state index in [9.17, 15) is 14.7 Å². The first-order valence-corrected chi connectivity index (χ1v) is 10.8. The highest BCUT2D eigenvalue weighted by Gasteiger charge is 2.48. The number of benzene rings is 2. The minimum absolute atomic E-state index is 0.0578. The van der Waals surface area contributed by atoms with Gasteiger partial charge in [0.25, 0.3) is 0 Å². The monoisotopic (exact) mass is 428 g/mol. The summed E-state index contributed by atoms with van der Waals surface area (Å²) in [6.45, 7) is 0. The van der Waals surface area contributed by atoms with Gasteiger partial charge < -0.3 is 14.9 Å². The number of esters is 1. The first-order valence-electron chi connectivity index (χ1n) is 10.4. The Morgan fingerprint density at radius 3 is 2.60 bits per heavy atom. The van der Waals surface area contributed by atoms with Gasteiger partial charge in [0, 0.05) is 17.4 Å². The normalized spacial score (nSPS) is 24.4. The van der Waals surface area contributed by atoms with Gasteiger partial charge >= 0.3 is 11.9 Å². The van der Waals surface area contributed by atoms with Crippen LogP contribution in [0.5, 0.6) is 0 Å². The molecule has 0 saturated carbocycles. The third-order valence-corrected chi connectivity index (χ3v) is 6.43. The third kappa shape index (κ3) is 4.09. The number of carboxylic acids is 1. The van der Waals surface area contributed by atoms with E-state index in [0.29, 0.717) is 12.3 Å². The number of fused-ring (bicyclic) bond motifs is 3. The van der Waals surface area contributed by atoms with Gasteiger partial charge in [-0.05, 0) is 53.6 Å². The van der Waals surface area contributed by atoms with Crippen LogP contribution in [0.15, 0.2) is 42.5 Å². The Hall–Kier alpha value is -2.37.